The number of piperazine rings is 1. The molecule has 0 bridgehead atoms. The number of hydrogen-bond acceptors (Lipinski definition) is 4. The third-order valence-electron chi connectivity index (χ3n) is 3.36. The van der Waals surface area contributed by atoms with Gasteiger partial charge in [0.15, 0.2) is 0 Å². The lowest BCUT2D eigenvalue weighted by molar-refractivity contribution is -0.131. The normalized spacial score (nSPS) is 25.6. The molecular formula is C10H17N5OS. The molecule has 0 aromatic heterocycles. The molecule has 7 heteroatoms. The van der Waals surface area contributed by atoms with Gasteiger partial charge in [0.1, 0.15) is 6.54 Å². The van der Waals surface area contributed by atoms with E-state index < -0.39 is 0 Å². The van der Waals surface area contributed by atoms with E-state index in [2.05, 4.69) is 14.9 Å². The molecule has 1 atom stereocenters. The van der Waals surface area contributed by atoms with Crippen molar-refractivity contribution in [3.63, 3.8) is 0 Å². The first-order valence-corrected chi connectivity index (χ1v) is 7.07. The van der Waals surface area contributed by atoms with Crippen LogP contribution >= 0.6 is 11.8 Å². The van der Waals surface area contributed by atoms with E-state index in [1.807, 2.05) is 11.8 Å². The van der Waals surface area contributed by atoms with Gasteiger partial charge in [0.25, 0.3) is 0 Å². The van der Waals surface area contributed by atoms with Crippen molar-refractivity contribution in [3.8, 4) is 0 Å². The number of rotatable bonds is 3. The van der Waals surface area contributed by atoms with Crippen LogP contribution in [-0.4, -0.2) is 66.0 Å². The van der Waals surface area contributed by atoms with Crippen molar-refractivity contribution in [1.29, 1.82) is 0 Å². The second-order valence-corrected chi connectivity index (χ2v) is 5.47. The summed E-state index contributed by atoms with van der Waals surface area (Å²) >= 11 is 2.02. The van der Waals surface area contributed by atoms with Crippen LogP contribution in [-0.2, 0) is 4.79 Å². The third kappa shape index (κ3) is 3.28. The summed E-state index contributed by atoms with van der Waals surface area (Å²) in [5.74, 6) is 2.44. The Balaban J connectivity index is 1.77. The number of carbonyl (C=O) groups is 1. The summed E-state index contributed by atoms with van der Waals surface area (Å²) in [6.45, 7) is 3.39. The number of thioether (sulfide) groups is 1. The number of nitrogens with zero attached hydrogens (tertiary/aromatic N) is 5. The van der Waals surface area contributed by atoms with Crippen molar-refractivity contribution in [3.05, 3.63) is 10.4 Å². The fourth-order valence-electron chi connectivity index (χ4n) is 2.34. The van der Waals surface area contributed by atoms with E-state index in [1.54, 1.807) is 4.90 Å². The highest BCUT2D eigenvalue weighted by Gasteiger charge is 2.27. The Morgan fingerprint density at radius 3 is 2.76 bits per heavy atom. The van der Waals surface area contributed by atoms with Gasteiger partial charge in [-0.15, -0.1) is 0 Å². The van der Waals surface area contributed by atoms with Gasteiger partial charge in [-0.1, -0.05) is 5.11 Å². The van der Waals surface area contributed by atoms with Crippen LogP contribution in [0.5, 0.6) is 0 Å². The van der Waals surface area contributed by atoms with Crippen molar-refractivity contribution < 1.29 is 4.79 Å². The second kappa shape index (κ2) is 6.14. The van der Waals surface area contributed by atoms with Gasteiger partial charge in [-0.3, -0.25) is 9.69 Å². The van der Waals surface area contributed by atoms with Crippen molar-refractivity contribution in [2.45, 2.75) is 12.5 Å². The van der Waals surface area contributed by atoms with Gasteiger partial charge >= 0.3 is 0 Å². The van der Waals surface area contributed by atoms with Gasteiger partial charge in [0.2, 0.25) is 5.91 Å². The minimum atomic E-state index is -0.0525. The van der Waals surface area contributed by atoms with Gasteiger partial charge < -0.3 is 4.90 Å². The molecule has 0 spiro atoms. The van der Waals surface area contributed by atoms with Crippen molar-refractivity contribution >= 4 is 17.7 Å². The van der Waals surface area contributed by atoms with Crippen LogP contribution < -0.4 is 0 Å². The summed E-state index contributed by atoms with van der Waals surface area (Å²) in [4.78, 5) is 18.5. The van der Waals surface area contributed by atoms with E-state index in [0.29, 0.717) is 6.04 Å². The Kier molecular flexibility index (Phi) is 4.53. The van der Waals surface area contributed by atoms with Gasteiger partial charge in [-0.2, -0.15) is 11.8 Å². The first-order valence-electron chi connectivity index (χ1n) is 5.91. The fourth-order valence-corrected chi connectivity index (χ4v) is 3.59. The molecule has 0 saturated carbocycles. The standard InChI is InChI=1S/C10H17N5OS/c11-13-12-7-10(16)15-4-2-14(3-5-15)9-1-6-17-8-9/h9H,1-8H2. The minimum absolute atomic E-state index is 0.0459. The highest BCUT2D eigenvalue weighted by molar-refractivity contribution is 7.99. The molecular weight excluding hydrogens is 238 g/mol. The monoisotopic (exact) mass is 255 g/mol. The Bertz CT molecular complexity index is 317. The molecule has 2 fully saturated rings. The van der Waals surface area contributed by atoms with E-state index in [-0.39, 0.29) is 12.5 Å². The van der Waals surface area contributed by atoms with Crippen LogP contribution in [0, 0.1) is 0 Å². The molecule has 2 heterocycles. The average Bonchev–Trinajstić information content (AvgIpc) is 2.90. The lowest BCUT2D eigenvalue weighted by atomic mass is 10.2. The van der Waals surface area contributed by atoms with Gasteiger partial charge in [-0.05, 0) is 17.7 Å². The highest BCUT2D eigenvalue weighted by Crippen LogP contribution is 2.23. The molecule has 0 radical (unpaired) electrons. The molecule has 94 valence electrons. The maximum absolute atomic E-state index is 11.6. The summed E-state index contributed by atoms with van der Waals surface area (Å²) < 4.78 is 0. The zero-order valence-electron chi connectivity index (χ0n) is 9.79. The predicted molar refractivity (Wildman–Crippen MR) is 67.9 cm³/mol. The number of azide groups is 1. The SMILES string of the molecule is [N-]=[N+]=NCC(=O)N1CCN(C2CCSC2)CC1. The molecule has 0 aromatic carbocycles. The minimum Gasteiger partial charge on any atom is -0.340 e. The molecule has 1 amide bonds. The lowest BCUT2D eigenvalue weighted by Gasteiger charge is -2.37. The van der Waals surface area contributed by atoms with E-state index in [9.17, 15) is 4.79 Å². The Morgan fingerprint density at radius 2 is 2.18 bits per heavy atom. The van der Waals surface area contributed by atoms with Crippen LogP contribution in [0.25, 0.3) is 10.4 Å². The molecule has 2 aliphatic rings. The second-order valence-electron chi connectivity index (χ2n) is 4.32. The average molecular weight is 255 g/mol. The summed E-state index contributed by atoms with van der Waals surface area (Å²) in [5, 5.41) is 3.32. The van der Waals surface area contributed by atoms with Crippen molar-refractivity contribution in [1.82, 2.24) is 9.80 Å². The zero-order chi connectivity index (χ0) is 12.1. The van der Waals surface area contributed by atoms with Gasteiger partial charge in [0.05, 0.1) is 0 Å². The number of carbonyl (C=O) groups excluding carboxylic acids is 1. The molecule has 2 aliphatic heterocycles. The molecule has 6 nitrogen and oxygen atoms in total. The topological polar surface area (TPSA) is 72.3 Å². The zero-order valence-corrected chi connectivity index (χ0v) is 10.6. The van der Waals surface area contributed by atoms with E-state index in [1.165, 1.54) is 17.9 Å². The maximum atomic E-state index is 11.6. The summed E-state index contributed by atoms with van der Waals surface area (Å²) in [7, 11) is 0. The predicted octanol–water partition coefficient (Wildman–Crippen LogP) is 0.946. The van der Waals surface area contributed by atoms with Crippen LogP contribution in [0.1, 0.15) is 6.42 Å². The van der Waals surface area contributed by atoms with E-state index in [0.717, 1.165) is 26.2 Å². The summed E-state index contributed by atoms with van der Waals surface area (Å²) in [5.41, 5.74) is 8.18. The Morgan fingerprint density at radius 1 is 1.41 bits per heavy atom. The van der Waals surface area contributed by atoms with Gasteiger partial charge in [-0.25, -0.2) is 0 Å². The molecule has 17 heavy (non-hydrogen) atoms. The van der Waals surface area contributed by atoms with Gasteiger partial charge in [0, 0.05) is 42.9 Å². The molecule has 2 saturated heterocycles. The largest absolute Gasteiger partial charge is 0.340 e. The molecule has 0 aliphatic carbocycles. The lowest BCUT2D eigenvalue weighted by Crippen LogP contribution is -2.52. The summed E-state index contributed by atoms with van der Waals surface area (Å²) in [6.07, 6.45) is 1.28. The van der Waals surface area contributed by atoms with Crippen LogP contribution in [0.15, 0.2) is 5.11 Å². The smallest absolute Gasteiger partial charge is 0.228 e. The maximum Gasteiger partial charge on any atom is 0.228 e. The molecule has 0 N–H and O–H groups in total. The Hall–Kier alpha value is -0.910. The first-order chi connectivity index (χ1) is 8.31. The number of amides is 1. The Labute approximate surface area is 105 Å². The summed E-state index contributed by atoms with van der Waals surface area (Å²) in [6, 6.07) is 0.703. The van der Waals surface area contributed by atoms with Crippen LogP contribution in [0.4, 0.5) is 0 Å². The van der Waals surface area contributed by atoms with Crippen molar-refractivity contribution in [2.75, 3.05) is 44.2 Å². The van der Waals surface area contributed by atoms with Crippen LogP contribution in [0.3, 0.4) is 0 Å². The fraction of sp³-hybridized carbons (Fsp3) is 0.900. The molecule has 2 rings (SSSR count). The van der Waals surface area contributed by atoms with Crippen LogP contribution in [0.2, 0.25) is 0 Å². The third-order valence-corrected chi connectivity index (χ3v) is 4.50. The molecule has 0 aromatic rings. The van der Waals surface area contributed by atoms with E-state index >= 15 is 0 Å². The van der Waals surface area contributed by atoms with Crippen molar-refractivity contribution in [2.24, 2.45) is 5.11 Å². The van der Waals surface area contributed by atoms with E-state index in [4.69, 9.17) is 5.53 Å². The quantitative estimate of drug-likeness (QED) is 0.428. The highest BCUT2D eigenvalue weighted by atomic mass is 32.2. The number of hydrogen-bond donors (Lipinski definition) is 0. The first kappa shape index (κ1) is 12.5. The molecule has 1 unspecified atom stereocenters.